The van der Waals surface area contributed by atoms with Crippen LogP contribution in [0, 0.1) is 0 Å². The molecule has 1 N–H and O–H groups in total. The van der Waals surface area contributed by atoms with Gasteiger partial charge in [-0.1, -0.05) is 84.4 Å². The van der Waals surface area contributed by atoms with Crippen molar-refractivity contribution >= 4 is 29.4 Å². The number of aryl methyl sites for hydroxylation is 1. The highest BCUT2D eigenvalue weighted by molar-refractivity contribution is 6.30. The Morgan fingerprint density at radius 3 is 2.03 bits per heavy atom. The number of ether oxygens (including phenoxy) is 1. The van der Waals surface area contributed by atoms with E-state index in [0.29, 0.717) is 29.2 Å². The zero-order valence-corrected chi connectivity index (χ0v) is 20.3. The van der Waals surface area contributed by atoms with Crippen LogP contribution in [0.5, 0.6) is 5.75 Å². The molecule has 0 fully saturated rings. The van der Waals surface area contributed by atoms with Gasteiger partial charge in [0.05, 0.1) is 0 Å². The molecule has 0 radical (unpaired) electrons. The van der Waals surface area contributed by atoms with Gasteiger partial charge in [0.1, 0.15) is 5.75 Å². The number of carboxylic acids is 1. The minimum atomic E-state index is -1.03. The van der Waals surface area contributed by atoms with Gasteiger partial charge in [0.2, 0.25) is 0 Å². The summed E-state index contributed by atoms with van der Waals surface area (Å²) in [6.45, 7) is 0. The Labute approximate surface area is 215 Å². The van der Waals surface area contributed by atoms with Gasteiger partial charge in [0.15, 0.2) is 11.9 Å². The highest BCUT2D eigenvalue weighted by atomic mass is 35.5. The van der Waals surface area contributed by atoms with Gasteiger partial charge < -0.3 is 9.84 Å². The summed E-state index contributed by atoms with van der Waals surface area (Å²) >= 11 is 5.96. The van der Waals surface area contributed by atoms with Crippen LogP contribution in [0.4, 0.5) is 0 Å². The first-order valence-electron chi connectivity index (χ1n) is 11.6. The van der Waals surface area contributed by atoms with Crippen molar-refractivity contribution in [2.24, 2.45) is 0 Å². The van der Waals surface area contributed by atoms with Crippen LogP contribution in [-0.2, 0) is 11.2 Å². The predicted octanol–water partition coefficient (Wildman–Crippen LogP) is 7.37. The van der Waals surface area contributed by atoms with Crippen LogP contribution in [0.3, 0.4) is 0 Å². The number of ketones is 1. The first-order valence-corrected chi connectivity index (χ1v) is 12.0. The molecule has 0 bridgehead atoms. The van der Waals surface area contributed by atoms with Crippen molar-refractivity contribution in [1.82, 2.24) is 0 Å². The third-order valence-electron chi connectivity index (χ3n) is 5.75. The van der Waals surface area contributed by atoms with Crippen molar-refractivity contribution in [1.29, 1.82) is 0 Å². The van der Waals surface area contributed by atoms with Crippen LogP contribution in [0.2, 0.25) is 5.02 Å². The molecule has 0 aromatic heterocycles. The molecule has 0 spiro atoms. The summed E-state index contributed by atoms with van der Waals surface area (Å²) < 4.78 is 5.72. The van der Waals surface area contributed by atoms with Crippen LogP contribution >= 0.6 is 11.6 Å². The van der Waals surface area contributed by atoms with E-state index < -0.39 is 12.1 Å². The lowest BCUT2D eigenvalue weighted by Crippen LogP contribution is -2.27. The number of carbonyl (C=O) groups is 2. The Bertz CT molecular complexity index is 1330. The normalized spacial score (nSPS) is 11.8. The highest BCUT2D eigenvalue weighted by Crippen LogP contribution is 2.23. The summed E-state index contributed by atoms with van der Waals surface area (Å²) in [6.07, 6.45) is 3.15. The third-order valence-corrected chi connectivity index (χ3v) is 6.00. The van der Waals surface area contributed by atoms with Gasteiger partial charge in [0, 0.05) is 10.6 Å². The lowest BCUT2D eigenvalue weighted by Gasteiger charge is -2.15. The molecule has 0 saturated carbocycles. The second-order valence-electron chi connectivity index (χ2n) is 8.32. The maximum absolute atomic E-state index is 12.4. The minimum absolute atomic E-state index is 0.137. The Balaban J connectivity index is 1.33. The van der Waals surface area contributed by atoms with Gasteiger partial charge in [-0.2, -0.15) is 0 Å². The van der Waals surface area contributed by atoms with Crippen LogP contribution in [0.15, 0.2) is 109 Å². The van der Waals surface area contributed by atoms with E-state index in [1.165, 1.54) is 6.08 Å². The Hall–Kier alpha value is -4.15. The summed E-state index contributed by atoms with van der Waals surface area (Å²) in [5.74, 6) is -0.759. The summed E-state index contributed by atoms with van der Waals surface area (Å²) in [5.41, 5.74) is 4.59. The van der Waals surface area contributed by atoms with E-state index in [1.807, 2.05) is 78.9 Å². The van der Waals surface area contributed by atoms with Gasteiger partial charge in [-0.3, -0.25) is 4.79 Å². The summed E-state index contributed by atoms with van der Waals surface area (Å²) in [7, 11) is 0. The molecule has 4 rings (SSSR count). The number of aliphatic carboxylic acids is 1. The molecule has 0 aliphatic rings. The van der Waals surface area contributed by atoms with Crippen molar-refractivity contribution in [2.45, 2.75) is 18.9 Å². The van der Waals surface area contributed by atoms with Crippen molar-refractivity contribution in [3.63, 3.8) is 0 Å². The molecular formula is C31H25ClO4. The maximum atomic E-state index is 12.4. The fourth-order valence-electron chi connectivity index (χ4n) is 3.73. The van der Waals surface area contributed by atoms with E-state index >= 15 is 0 Å². The lowest BCUT2D eigenvalue weighted by atomic mass is 10.0. The highest BCUT2D eigenvalue weighted by Gasteiger charge is 2.19. The average Bonchev–Trinajstić information content (AvgIpc) is 2.91. The number of carboxylic acid groups (broad SMARTS) is 1. The molecule has 5 heteroatoms. The number of hydrogen-bond donors (Lipinski definition) is 1. The Kier molecular flexibility index (Phi) is 8.32. The summed E-state index contributed by atoms with van der Waals surface area (Å²) in [4.78, 5) is 24.2. The molecule has 1 unspecified atom stereocenters. The topological polar surface area (TPSA) is 63.6 Å². The molecule has 4 nitrogen and oxygen atoms in total. The van der Waals surface area contributed by atoms with E-state index in [9.17, 15) is 14.7 Å². The van der Waals surface area contributed by atoms with Crippen molar-refractivity contribution in [3.05, 3.63) is 131 Å². The second-order valence-corrected chi connectivity index (χ2v) is 8.76. The van der Waals surface area contributed by atoms with E-state index in [0.717, 1.165) is 22.3 Å². The first kappa shape index (κ1) is 25.0. The predicted molar refractivity (Wildman–Crippen MR) is 144 cm³/mol. The Morgan fingerprint density at radius 1 is 0.806 bits per heavy atom. The van der Waals surface area contributed by atoms with Gasteiger partial charge >= 0.3 is 5.97 Å². The van der Waals surface area contributed by atoms with Crippen LogP contribution in [0.25, 0.3) is 17.2 Å². The number of carbonyl (C=O) groups excluding carboxylic acids is 1. The molecule has 0 aliphatic carbocycles. The third kappa shape index (κ3) is 6.94. The molecular weight excluding hydrogens is 472 g/mol. The van der Waals surface area contributed by atoms with E-state index in [1.54, 1.807) is 30.3 Å². The SMILES string of the molecule is O=C(/C=C/c1ccccc1)c1ccc(OC(CCc2ccc(-c3ccc(Cl)cc3)cc2)C(=O)O)cc1. The monoisotopic (exact) mass is 496 g/mol. The van der Waals surface area contributed by atoms with E-state index in [-0.39, 0.29) is 5.78 Å². The fourth-order valence-corrected chi connectivity index (χ4v) is 3.86. The van der Waals surface area contributed by atoms with Gasteiger partial charge in [-0.05, 0) is 77.6 Å². The van der Waals surface area contributed by atoms with Crippen LogP contribution in [0.1, 0.15) is 27.9 Å². The smallest absolute Gasteiger partial charge is 0.344 e. The quantitative estimate of drug-likeness (QED) is 0.184. The first-order chi connectivity index (χ1) is 17.5. The molecule has 0 aliphatic heterocycles. The number of hydrogen-bond acceptors (Lipinski definition) is 3. The van der Waals surface area contributed by atoms with Crippen LogP contribution < -0.4 is 4.74 Å². The van der Waals surface area contributed by atoms with Crippen molar-refractivity contribution < 1.29 is 19.4 Å². The zero-order valence-electron chi connectivity index (χ0n) is 19.5. The van der Waals surface area contributed by atoms with E-state index in [4.69, 9.17) is 16.3 Å². The van der Waals surface area contributed by atoms with Gasteiger partial charge in [0.25, 0.3) is 0 Å². The van der Waals surface area contributed by atoms with Gasteiger partial charge in [-0.15, -0.1) is 0 Å². The average molecular weight is 497 g/mol. The van der Waals surface area contributed by atoms with Crippen molar-refractivity contribution in [3.8, 4) is 16.9 Å². The largest absolute Gasteiger partial charge is 0.479 e. The molecule has 4 aromatic rings. The molecule has 0 saturated heterocycles. The second kappa shape index (κ2) is 12.0. The number of benzene rings is 4. The molecule has 180 valence electrons. The number of halogens is 1. The fraction of sp³-hybridized carbons (Fsp3) is 0.0968. The Morgan fingerprint density at radius 2 is 1.42 bits per heavy atom. The number of rotatable bonds is 10. The molecule has 0 amide bonds. The summed E-state index contributed by atoms with van der Waals surface area (Å²) in [6, 6.07) is 31.7. The summed E-state index contributed by atoms with van der Waals surface area (Å²) in [5, 5.41) is 10.3. The maximum Gasteiger partial charge on any atom is 0.344 e. The van der Waals surface area contributed by atoms with Gasteiger partial charge in [-0.25, -0.2) is 4.79 Å². The molecule has 1 atom stereocenters. The minimum Gasteiger partial charge on any atom is -0.479 e. The van der Waals surface area contributed by atoms with Crippen LogP contribution in [-0.4, -0.2) is 23.0 Å². The molecule has 0 heterocycles. The zero-order chi connectivity index (χ0) is 25.3. The lowest BCUT2D eigenvalue weighted by molar-refractivity contribution is -0.145. The standard InChI is InChI=1S/C31H25ClO4/c32-27-16-12-25(13-17-27)24-10-6-23(7-11-24)9-21-30(31(34)35)36-28-18-14-26(15-19-28)29(33)20-8-22-4-2-1-3-5-22/h1-8,10-20,30H,9,21H2,(H,34,35)/b20-8+. The molecule has 4 aromatic carbocycles. The number of allylic oxidation sites excluding steroid dienone is 1. The molecule has 36 heavy (non-hydrogen) atoms. The van der Waals surface area contributed by atoms with Crippen molar-refractivity contribution in [2.75, 3.05) is 0 Å². The van der Waals surface area contributed by atoms with E-state index in [2.05, 4.69) is 0 Å².